The Hall–Kier alpha value is -2.49. The molecule has 28 heavy (non-hydrogen) atoms. The van der Waals surface area contributed by atoms with Gasteiger partial charge in [-0.2, -0.15) is 13.2 Å². The summed E-state index contributed by atoms with van der Waals surface area (Å²) < 4.78 is 43.4. The van der Waals surface area contributed by atoms with E-state index in [-0.39, 0.29) is 36.8 Å². The SMILES string of the molecule is CCOC(=O)C1(N(Cc2ccc(C(F)(F)F)cc2Cl)C(C)=O)CN(C(=O)O)C1. The molecule has 0 aliphatic carbocycles. The average Bonchev–Trinajstić information content (AvgIpc) is 2.53. The van der Waals surface area contributed by atoms with Crippen LogP contribution in [0.4, 0.5) is 18.0 Å². The van der Waals surface area contributed by atoms with Gasteiger partial charge in [-0.15, -0.1) is 0 Å². The third kappa shape index (κ3) is 4.16. The van der Waals surface area contributed by atoms with Crippen molar-refractivity contribution in [3.05, 3.63) is 34.3 Å². The van der Waals surface area contributed by atoms with Crippen molar-refractivity contribution in [1.82, 2.24) is 9.80 Å². The molecule has 1 aromatic carbocycles. The molecule has 1 aromatic rings. The normalized spacial score (nSPS) is 15.6. The first kappa shape index (κ1) is 21.8. The molecule has 2 amide bonds. The number of carboxylic acid groups (broad SMARTS) is 1. The molecule has 0 spiro atoms. The van der Waals surface area contributed by atoms with Crippen molar-refractivity contribution in [2.75, 3.05) is 19.7 Å². The van der Waals surface area contributed by atoms with Crippen molar-refractivity contribution in [3.8, 4) is 0 Å². The van der Waals surface area contributed by atoms with E-state index < -0.39 is 35.2 Å². The first-order valence-corrected chi connectivity index (χ1v) is 8.59. The van der Waals surface area contributed by atoms with Crippen LogP contribution < -0.4 is 0 Å². The van der Waals surface area contributed by atoms with Crippen LogP contribution in [0, 0.1) is 0 Å². The van der Waals surface area contributed by atoms with E-state index in [1.165, 1.54) is 6.92 Å². The summed E-state index contributed by atoms with van der Waals surface area (Å²) in [7, 11) is 0. The fraction of sp³-hybridized carbons (Fsp3) is 0.471. The number of hydrogen-bond acceptors (Lipinski definition) is 4. The lowest BCUT2D eigenvalue weighted by atomic mass is 9.87. The molecule has 0 bridgehead atoms. The zero-order valence-corrected chi connectivity index (χ0v) is 15.8. The van der Waals surface area contributed by atoms with E-state index in [1.807, 2.05) is 0 Å². The van der Waals surface area contributed by atoms with E-state index in [0.717, 1.165) is 28.0 Å². The molecule has 1 heterocycles. The second kappa shape index (κ2) is 7.86. The van der Waals surface area contributed by atoms with Crippen LogP contribution in [0.5, 0.6) is 0 Å². The number of nitrogens with zero attached hydrogens (tertiary/aromatic N) is 2. The van der Waals surface area contributed by atoms with E-state index in [0.29, 0.717) is 0 Å². The number of benzene rings is 1. The molecule has 0 aromatic heterocycles. The van der Waals surface area contributed by atoms with Crippen LogP contribution in [0.25, 0.3) is 0 Å². The number of alkyl halides is 3. The van der Waals surface area contributed by atoms with Gasteiger partial charge in [-0.1, -0.05) is 17.7 Å². The first-order chi connectivity index (χ1) is 12.9. The molecular weight excluding hydrogens is 405 g/mol. The summed E-state index contributed by atoms with van der Waals surface area (Å²) >= 11 is 5.96. The quantitative estimate of drug-likeness (QED) is 0.737. The molecule has 0 atom stereocenters. The zero-order chi connectivity index (χ0) is 21.3. The van der Waals surface area contributed by atoms with Gasteiger partial charge in [-0.05, 0) is 24.6 Å². The lowest BCUT2D eigenvalue weighted by Gasteiger charge is -2.52. The molecule has 1 saturated heterocycles. The number of rotatable bonds is 5. The maximum atomic E-state index is 12.8. The predicted octanol–water partition coefficient (Wildman–Crippen LogP) is 3.00. The maximum absolute atomic E-state index is 12.8. The number of ether oxygens (including phenoxy) is 1. The highest BCUT2D eigenvalue weighted by molar-refractivity contribution is 6.31. The van der Waals surface area contributed by atoms with Crippen molar-refractivity contribution in [2.45, 2.75) is 32.1 Å². The minimum Gasteiger partial charge on any atom is -0.465 e. The van der Waals surface area contributed by atoms with E-state index in [4.69, 9.17) is 21.4 Å². The fourth-order valence-corrected chi connectivity index (χ4v) is 3.22. The van der Waals surface area contributed by atoms with Gasteiger partial charge in [-0.25, -0.2) is 9.59 Å². The van der Waals surface area contributed by atoms with Crippen LogP contribution in [-0.4, -0.2) is 58.1 Å². The van der Waals surface area contributed by atoms with Crippen LogP contribution >= 0.6 is 11.6 Å². The summed E-state index contributed by atoms with van der Waals surface area (Å²) in [5.74, 6) is -1.36. The summed E-state index contributed by atoms with van der Waals surface area (Å²) in [6.07, 6.45) is -5.85. The highest BCUT2D eigenvalue weighted by atomic mass is 35.5. The number of carbonyl (C=O) groups is 3. The van der Waals surface area contributed by atoms with Crippen LogP contribution in [0.2, 0.25) is 5.02 Å². The Morgan fingerprint density at radius 3 is 2.36 bits per heavy atom. The minimum atomic E-state index is -4.58. The van der Waals surface area contributed by atoms with Crippen molar-refractivity contribution in [1.29, 1.82) is 0 Å². The van der Waals surface area contributed by atoms with Gasteiger partial charge in [0.25, 0.3) is 0 Å². The molecule has 11 heteroatoms. The largest absolute Gasteiger partial charge is 0.465 e. The van der Waals surface area contributed by atoms with Gasteiger partial charge in [-0.3, -0.25) is 4.79 Å². The molecule has 1 N–H and O–H groups in total. The van der Waals surface area contributed by atoms with Crippen molar-refractivity contribution >= 4 is 29.6 Å². The van der Waals surface area contributed by atoms with Crippen molar-refractivity contribution in [3.63, 3.8) is 0 Å². The molecule has 7 nitrogen and oxygen atoms in total. The molecule has 0 radical (unpaired) electrons. The second-order valence-electron chi connectivity index (χ2n) is 6.30. The maximum Gasteiger partial charge on any atom is 0.416 e. The summed E-state index contributed by atoms with van der Waals surface area (Å²) in [4.78, 5) is 37.9. The molecule has 0 saturated carbocycles. The first-order valence-electron chi connectivity index (χ1n) is 8.21. The summed E-state index contributed by atoms with van der Waals surface area (Å²) in [6.45, 7) is 1.85. The topological polar surface area (TPSA) is 87.2 Å². The summed E-state index contributed by atoms with van der Waals surface area (Å²) in [6, 6.07) is 2.67. The number of carbonyl (C=O) groups excluding carboxylic acids is 2. The highest BCUT2D eigenvalue weighted by Crippen LogP contribution is 2.35. The van der Waals surface area contributed by atoms with E-state index in [9.17, 15) is 27.6 Å². The van der Waals surface area contributed by atoms with Gasteiger partial charge in [0.05, 0.1) is 25.3 Å². The van der Waals surface area contributed by atoms with Crippen LogP contribution in [0.1, 0.15) is 25.0 Å². The van der Waals surface area contributed by atoms with Crippen LogP contribution in [0.15, 0.2) is 18.2 Å². The molecule has 1 aliphatic rings. The van der Waals surface area contributed by atoms with E-state index >= 15 is 0 Å². The predicted molar refractivity (Wildman–Crippen MR) is 91.6 cm³/mol. The van der Waals surface area contributed by atoms with E-state index in [1.54, 1.807) is 6.92 Å². The summed E-state index contributed by atoms with van der Waals surface area (Å²) in [5, 5.41) is 8.85. The van der Waals surface area contributed by atoms with E-state index in [2.05, 4.69) is 0 Å². The third-order valence-electron chi connectivity index (χ3n) is 4.44. The van der Waals surface area contributed by atoms with Crippen molar-refractivity contribution in [2.24, 2.45) is 0 Å². The summed E-state index contributed by atoms with van der Waals surface area (Å²) in [5.41, 5.74) is -2.33. The Balaban J connectivity index is 2.37. The third-order valence-corrected chi connectivity index (χ3v) is 4.79. The Labute approximate surface area is 163 Å². The van der Waals surface area contributed by atoms with Crippen LogP contribution in [0.3, 0.4) is 0 Å². The number of hydrogen-bond donors (Lipinski definition) is 1. The zero-order valence-electron chi connectivity index (χ0n) is 15.0. The smallest absolute Gasteiger partial charge is 0.416 e. The lowest BCUT2D eigenvalue weighted by Crippen LogP contribution is -2.75. The Kier molecular flexibility index (Phi) is 6.12. The number of halogens is 4. The molecule has 0 unspecified atom stereocenters. The molecule has 2 rings (SSSR count). The number of esters is 1. The Morgan fingerprint density at radius 1 is 1.32 bits per heavy atom. The fourth-order valence-electron chi connectivity index (χ4n) is 2.98. The number of amides is 2. The van der Waals surface area contributed by atoms with Crippen molar-refractivity contribution < 1.29 is 37.4 Å². The number of likely N-dealkylation sites (tertiary alicyclic amines) is 1. The van der Waals surface area contributed by atoms with Gasteiger partial charge < -0.3 is 19.6 Å². The molecule has 154 valence electrons. The molecule has 1 aliphatic heterocycles. The van der Waals surface area contributed by atoms with Gasteiger partial charge in [0.1, 0.15) is 0 Å². The van der Waals surface area contributed by atoms with Gasteiger partial charge in [0, 0.05) is 18.5 Å². The Bertz CT molecular complexity index is 793. The molecular formula is C17H18ClF3N2O5. The average molecular weight is 423 g/mol. The second-order valence-corrected chi connectivity index (χ2v) is 6.71. The van der Waals surface area contributed by atoms with Gasteiger partial charge in [0.2, 0.25) is 5.91 Å². The van der Waals surface area contributed by atoms with Crippen LogP contribution in [-0.2, 0) is 27.0 Å². The van der Waals surface area contributed by atoms with Gasteiger partial charge >= 0.3 is 18.2 Å². The Morgan fingerprint density at radius 2 is 1.93 bits per heavy atom. The monoisotopic (exact) mass is 422 g/mol. The van der Waals surface area contributed by atoms with Gasteiger partial charge in [0.15, 0.2) is 5.54 Å². The standard InChI is InChI=1S/C17H18ClF3N2O5/c1-3-28-14(25)16(8-22(9-16)15(26)27)23(10(2)24)7-11-4-5-12(6-13(11)18)17(19,20)21/h4-6H,3,7-9H2,1-2H3,(H,26,27). The lowest BCUT2D eigenvalue weighted by molar-refractivity contribution is -0.175. The molecule has 1 fully saturated rings. The minimum absolute atomic E-state index is 0.0143. The highest BCUT2D eigenvalue weighted by Gasteiger charge is 2.57.